The van der Waals surface area contributed by atoms with Gasteiger partial charge in [0.25, 0.3) is 0 Å². The SMILES string of the molecule is O=C(CC1CC(n2cnnc2)C1)N1CC(Oc2ccc(F)cc2)C1. The van der Waals surface area contributed by atoms with Gasteiger partial charge in [-0.2, -0.15) is 0 Å². The molecule has 24 heavy (non-hydrogen) atoms. The first-order valence-electron chi connectivity index (χ1n) is 8.21. The molecule has 1 aromatic heterocycles. The normalized spacial score (nSPS) is 23.5. The molecule has 1 amide bonds. The predicted octanol–water partition coefficient (Wildman–Crippen LogP) is 2.05. The lowest BCUT2D eigenvalue weighted by Gasteiger charge is -2.41. The fourth-order valence-electron chi connectivity index (χ4n) is 3.31. The fourth-order valence-corrected chi connectivity index (χ4v) is 3.31. The molecule has 1 aliphatic heterocycles. The van der Waals surface area contributed by atoms with Crippen LogP contribution < -0.4 is 4.74 Å². The van der Waals surface area contributed by atoms with Crippen molar-refractivity contribution in [2.45, 2.75) is 31.4 Å². The van der Waals surface area contributed by atoms with Gasteiger partial charge in [-0.1, -0.05) is 0 Å². The molecule has 1 saturated carbocycles. The molecule has 1 saturated heterocycles. The van der Waals surface area contributed by atoms with E-state index >= 15 is 0 Å². The number of nitrogens with zero attached hydrogens (tertiary/aromatic N) is 4. The first-order valence-corrected chi connectivity index (χ1v) is 8.21. The lowest BCUT2D eigenvalue weighted by Crippen LogP contribution is -2.56. The minimum Gasteiger partial charge on any atom is -0.487 e. The number of likely N-dealkylation sites (tertiary alicyclic amines) is 1. The van der Waals surface area contributed by atoms with E-state index in [2.05, 4.69) is 10.2 Å². The molecule has 0 bridgehead atoms. The quantitative estimate of drug-likeness (QED) is 0.842. The van der Waals surface area contributed by atoms with Gasteiger partial charge in [-0.3, -0.25) is 4.79 Å². The minimum atomic E-state index is -0.280. The van der Waals surface area contributed by atoms with Gasteiger partial charge in [0.2, 0.25) is 5.91 Å². The summed E-state index contributed by atoms with van der Waals surface area (Å²) in [6.45, 7) is 1.22. The highest BCUT2D eigenvalue weighted by molar-refractivity contribution is 5.77. The molecular weight excluding hydrogens is 311 g/mol. The average Bonchev–Trinajstić information content (AvgIpc) is 3.01. The van der Waals surface area contributed by atoms with Crippen LogP contribution in [0.5, 0.6) is 5.75 Å². The molecule has 6 nitrogen and oxygen atoms in total. The van der Waals surface area contributed by atoms with Crippen molar-refractivity contribution in [2.24, 2.45) is 5.92 Å². The van der Waals surface area contributed by atoms with Crippen molar-refractivity contribution in [3.8, 4) is 5.75 Å². The number of carbonyl (C=O) groups is 1. The van der Waals surface area contributed by atoms with Crippen molar-refractivity contribution in [3.63, 3.8) is 0 Å². The zero-order valence-corrected chi connectivity index (χ0v) is 13.2. The minimum absolute atomic E-state index is 0.00516. The summed E-state index contributed by atoms with van der Waals surface area (Å²) in [5.74, 6) is 1.01. The predicted molar refractivity (Wildman–Crippen MR) is 83.8 cm³/mol. The summed E-state index contributed by atoms with van der Waals surface area (Å²) in [4.78, 5) is 14.1. The molecule has 126 valence electrons. The number of benzene rings is 1. The van der Waals surface area contributed by atoms with Crippen molar-refractivity contribution in [1.82, 2.24) is 19.7 Å². The molecule has 0 unspecified atom stereocenters. The van der Waals surface area contributed by atoms with E-state index in [4.69, 9.17) is 4.74 Å². The van der Waals surface area contributed by atoms with E-state index in [-0.39, 0.29) is 17.8 Å². The highest BCUT2D eigenvalue weighted by Gasteiger charge is 2.37. The number of halogens is 1. The van der Waals surface area contributed by atoms with Crippen LogP contribution in [0.4, 0.5) is 4.39 Å². The van der Waals surface area contributed by atoms with E-state index in [9.17, 15) is 9.18 Å². The Kier molecular flexibility index (Phi) is 3.92. The van der Waals surface area contributed by atoms with Crippen LogP contribution in [0, 0.1) is 11.7 Å². The van der Waals surface area contributed by atoms with E-state index in [1.807, 2.05) is 9.47 Å². The molecule has 2 aromatic rings. The molecule has 1 aromatic carbocycles. The van der Waals surface area contributed by atoms with Crippen molar-refractivity contribution >= 4 is 5.91 Å². The molecule has 0 N–H and O–H groups in total. The number of amides is 1. The number of rotatable bonds is 5. The van der Waals surface area contributed by atoms with E-state index in [1.165, 1.54) is 12.1 Å². The van der Waals surface area contributed by atoms with Crippen LogP contribution in [0.25, 0.3) is 0 Å². The van der Waals surface area contributed by atoms with E-state index in [0.717, 1.165) is 12.8 Å². The molecule has 0 radical (unpaired) electrons. The Morgan fingerprint density at radius 2 is 1.83 bits per heavy atom. The Bertz CT molecular complexity index is 692. The summed E-state index contributed by atoms with van der Waals surface area (Å²) < 4.78 is 20.6. The number of aromatic nitrogens is 3. The van der Waals surface area contributed by atoms with E-state index in [0.29, 0.717) is 37.2 Å². The van der Waals surface area contributed by atoms with E-state index < -0.39 is 0 Å². The second-order valence-corrected chi connectivity index (χ2v) is 6.60. The maximum atomic E-state index is 12.8. The molecular formula is C17H19FN4O2. The molecule has 2 heterocycles. The third kappa shape index (κ3) is 3.11. The Labute approximate surface area is 139 Å². The van der Waals surface area contributed by atoms with Gasteiger partial charge >= 0.3 is 0 Å². The van der Waals surface area contributed by atoms with E-state index in [1.54, 1.807) is 24.8 Å². The zero-order chi connectivity index (χ0) is 16.5. The van der Waals surface area contributed by atoms with Crippen LogP contribution in [0.3, 0.4) is 0 Å². The molecule has 2 fully saturated rings. The second-order valence-electron chi connectivity index (χ2n) is 6.60. The maximum absolute atomic E-state index is 12.8. The second kappa shape index (κ2) is 6.22. The third-order valence-corrected chi connectivity index (χ3v) is 4.85. The molecule has 7 heteroatoms. The van der Waals surface area contributed by atoms with Crippen LogP contribution in [0.1, 0.15) is 25.3 Å². The third-order valence-electron chi connectivity index (χ3n) is 4.85. The number of ether oxygens (including phenoxy) is 1. The summed E-state index contributed by atoms with van der Waals surface area (Å²) in [6, 6.07) is 6.40. The molecule has 4 rings (SSSR count). The summed E-state index contributed by atoms with van der Waals surface area (Å²) in [5.41, 5.74) is 0. The van der Waals surface area contributed by atoms with Crippen LogP contribution in [0.15, 0.2) is 36.9 Å². The largest absolute Gasteiger partial charge is 0.487 e. The van der Waals surface area contributed by atoms with Crippen molar-refractivity contribution < 1.29 is 13.9 Å². The first-order chi connectivity index (χ1) is 11.7. The van der Waals surface area contributed by atoms with Crippen molar-refractivity contribution in [3.05, 3.63) is 42.7 Å². The maximum Gasteiger partial charge on any atom is 0.223 e. The van der Waals surface area contributed by atoms with Gasteiger partial charge in [0.1, 0.15) is 30.3 Å². The highest BCUT2D eigenvalue weighted by Crippen LogP contribution is 2.40. The lowest BCUT2D eigenvalue weighted by molar-refractivity contribution is -0.142. The Balaban J connectivity index is 1.18. The van der Waals surface area contributed by atoms with Crippen LogP contribution >= 0.6 is 0 Å². The van der Waals surface area contributed by atoms with Crippen molar-refractivity contribution in [2.75, 3.05) is 13.1 Å². The Hall–Kier alpha value is -2.44. The van der Waals surface area contributed by atoms with Gasteiger partial charge in [-0.25, -0.2) is 4.39 Å². The average molecular weight is 330 g/mol. The summed E-state index contributed by atoms with van der Waals surface area (Å²) in [5, 5.41) is 7.62. The van der Waals surface area contributed by atoms with Crippen molar-refractivity contribution in [1.29, 1.82) is 0 Å². The zero-order valence-electron chi connectivity index (χ0n) is 13.2. The van der Waals surface area contributed by atoms with Gasteiger partial charge in [0.15, 0.2) is 0 Å². The Morgan fingerprint density at radius 1 is 1.17 bits per heavy atom. The molecule has 1 aliphatic carbocycles. The van der Waals surface area contributed by atoms with Crippen LogP contribution in [0.2, 0.25) is 0 Å². The Morgan fingerprint density at radius 3 is 2.50 bits per heavy atom. The van der Waals surface area contributed by atoms with Gasteiger partial charge < -0.3 is 14.2 Å². The molecule has 0 atom stereocenters. The standard InChI is InChI=1S/C17H19FN4O2/c18-13-1-3-15(4-2-13)24-16-8-21(9-16)17(23)7-12-5-14(6-12)22-10-19-20-11-22/h1-4,10-12,14,16H,5-9H2. The van der Waals surface area contributed by atoms with Crippen LogP contribution in [-0.2, 0) is 4.79 Å². The van der Waals surface area contributed by atoms with Gasteiger partial charge in [0.05, 0.1) is 13.1 Å². The van der Waals surface area contributed by atoms with Gasteiger partial charge in [0, 0.05) is 12.5 Å². The smallest absolute Gasteiger partial charge is 0.223 e. The monoisotopic (exact) mass is 330 g/mol. The van der Waals surface area contributed by atoms with Crippen LogP contribution in [-0.4, -0.2) is 44.8 Å². The lowest BCUT2D eigenvalue weighted by atomic mass is 9.77. The fraction of sp³-hybridized carbons (Fsp3) is 0.471. The first kappa shape index (κ1) is 15.1. The number of hydrogen-bond donors (Lipinski definition) is 0. The highest BCUT2D eigenvalue weighted by atomic mass is 19.1. The molecule has 0 spiro atoms. The topological polar surface area (TPSA) is 60.2 Å². The van der Waals surface area contributed by atoms with Gasteiger partial charge in [-0.15, -0.1) is 10.2 Å². The van der Waals surface area contributed by atoms with Gasteiger partial charge in [-0.05, 0) is 43.0 Å². The summed E-state index contributed by atoms with van der Waals surface area (Å²) in [6.07, 6.45) is 6.08. The summed E-state index contributed by atoms with van der Waals surface area (Å²) in [7, 11) is 0. The molecule has 2 aliphatic rings. The number of hydrogen-bond acceptors (Lipinski definition) is 4. The summed E-state index contributed by atoms with van der Waals surface area (Å²) >= 11 is 0. The number of carbonyl (C=O) groups excluding carboxylic acids is 1.